The van der Waals surface area contributed by atoms with Gasteiger partial charge < -0.3 is 14.4 Å². The fraction of sp³-hybridized carbons (Fsp3) is 0.652. The maximum atomic E-state index is 13.0. The van der Waals surface area contributed by atoms with Gasteiger partial charge in [0.2, 0.25) is 0 Å². The summed E-state index contributed by atoms with van der Waals surface area (Å²) in [6.07, 6.45) is 1.68. The standard InChI is InChI=1S/C23H36N2O4/c1-6-18(2)15-23(3,4)29-22(27)25-13-12-24(16-19-10-8-7-9-11-19)17-20(25)14-21(26)28-5/h7-11,18,20H,6,12-17H2,1-5H3. The molecular formula is C23H36N2O4. The largest absolute Gasteiger partial charge is 0.469 e. The van der Waals surface area contributed by atoms with Crippen LogP contribution in [0.4, 0.5) is 4.79 Å². The predicted octanol–water partition coefficient (Wildman–Crippen LogP) is 4.09. The fourth-order valence-corrected chi connectivity index (χ4v) is 3.92. The van der Waals surface area contributed by atoms with Gasteiger partial charge in [0.05, 0.1) is 19.6 Å². The Kier molecular flexibility index (Phi) is 8.50. The summed E-state index contributed by atoms with van der Waals surface area (Å²) >= 11 is 0. The molecule has 2 unspecified atom stereocenters. The molecular weight excluding hydrogens is 368 g/mol. The lowest BCUT2D eigenvalue weighted by Crippen LogP contribution is -2.56. The molecule has 6 nitrogen and oxygen atoms in total. The number of benzene rings is 1. The fourth-order valence-electron chi connectivity index (χ4n) is 3.92. The molecule has 1 aliphatic rings. The summed E-state index contributed by atoms with van der Waals surface area (Å²) in [5, 5.41) is 0. The van der Waals surface area contributed by atoms with Crippen molar-refractivity contribution in [3.63, 3.8) is 0 Å². The molecule has 1 aliphatic heterocycles. The lowest BCUT2D eigenvalue weighted by atomic mass is 9.93. The van der Waals surface area contributed by atoms with Crippen molar-refractivity contribution in [2.75, 3.05) is 26.7 Å². The van der Waals surface area contributed by atoms with Gasteiger partial charge in [-0.05, 0) is 31.7 Å². The zero-order valence-electron chi connectivity index (χ0n) is 18.5. The van der Waals surface area contributed by atoms with Gasteiger partial charge in [-0.2, -0.15) is 0 Å². The van der Waals surface area contributed by atoms with Crippen molar-refractivity contribution in [2.24, 2.45) is 5.92 Å². The monoisotopic (exact) mass is 404 g/mol. The van der Waals surface area contributed by atoms with Gasteiger partial charge in [0.1, 0.15) is 5.60 Å². The van der Waals surface area contributed by atoms with E-state index in [9.17, 15) is 9.59 Å². The van der Waals surface area contributed by atoms with Crippen LogP contribution in [0.1, 0.15) is 52.5 Å². The molecule has 1 aromatic carbocycles. The average Bonchev–Trinajstić information content (AvgIpc) is 2.67. The Labute approximate surface area is 175 Å². The van der Waals surface area contributed by atoms with E-state index in [4.69, 9.17) is 9.47 Å². The number of nitrogens with zero attached hydrogens (tertiary/aromatic N) is 2. The first-order valence-corrected chi connectivity index (χ1v) is 10.6. The molecule has 1 saturated heterocycles. The smallest absolute Gasteiger partial charge is 0.410 e. The zero-order valence-corrected chi connectivity index (χ0v) is 18.5. The third-order valence-electron chi connectivity index (χ3n) is 5.58. The van der Waals surface area contributed by atoms with E-state index in [1.807, 2.05) is 32.0 Å². The Morgan fingerprint density at radius 3 is 2.52 bits per heavy atom. The molecule has 0 aromatic heterocycles. The molecule has 0 radical (unpaired) electrons. The van der Waals surface area contributed by atoms with Crippen LogP contribution in [0.2, 0.25) is 0 Å². The van der Waals surface area contributed by atoms with Crippen molar-refractivity contribution >= 4 is 12.1 Å². The number of hydrogen-bond donors (Lipinski definition) is 0. The van der Waals surface area contributed by atoms with Crippen LogP contribution in [-0.4, -0.2) is 60.2 Å². The molecule has 0 N–H and O–H groups in total. The van der Waals surface area contributed by atoms with E-state index in [0.717, 1.165) is 25.9 Å². The molecule has 162 valence electrons. The maximum Gasteiger partial charge on any atom is 0.410 e. The summed E-state index contributed by atoms with van der Waals surface area (Å²) in [4.78, 5) is 28.9. The summed E-state index contributed by atoms with van der Waals surface area (Å²) < 4.78 is 10.7. The molecule has 0 bridgehead atoms. The highest BCUT2D eigenvalue weighted by atomic mass is 16.6. The number of carbonyl (C=O) groups is 2. The van der Waals surface area contributed by atoms with Crippen LogP contribution in [0.25, 0.3) is 0 Å². The molecule has 1 fully saturated rings. The van der Waals surface area contributed by atoms with E-state index in [-0.39, 0.29) is 24.5 Å². The van der Waals surface area contributed by atoms with Crippen molar-refractivity contribution < 1.29 is 19.1 Å². The Morgan fingerprint density at radius 1 is 1.21 bits per heavy atom. The molecule has 1 heterocycles. The number of methoxy groups -OCH3 is 1. The normalized spacial score (nSPS) is 18.9. The SMILES string of the molecule is CCC(C)CC(C)(C)OC(=O)N1CCN(Cc2ccccc2)CC1CC(=O)OC. The molecule has 0 aliphatic carbocycles. The Morgan fingerprint density at radius 2 is 1.90 bits per heavy atom. The summed E-state index contributed by atoms with van der Waals surface area (Å²) in [6, 6.07) is 9.97. The minimum absolute atomic E-state index is 0.169. The summed E-state index contributed by atoms with van der Waals surface area (Å²) in [5.74, 6) is 0.166. The third-order valence-corrected chi connectivity index (χ3v) is 5.58. The molecule has 2 rings (SSSR count). The van der Waals surface area contributed by atoms with E-state index >= 15 is 0 Å². The Bertz CT molecular complexity index is 662. The lowest BCUT2D eigenvalue weighted by Gasteiger charge is -2.42. The highest BCUT2D eigenvalue weighted by Gasteiger charge is 2.36. The van der Waals surface area contributed by atoms with Crippen LogP contribution in [0.3, 0.4) is 0 Å². The molecule has 0 spiro atoms. The van der Waals surface area contributed by atoms with Gasteiger partial charge in [-0.3, -0.25) is 9.69 Å². The van der Waals surface area contributed by atoms with Gasteiger partial charge in [-0.1, -0.05) is 50.6 Å². The average molecular weight is 405 g/mol. The highest BCUT2D eigenvalue weighted by Crippen LogP contribution is 2.25. The highest BCUT2D eigenvalue weighted by molar-refractivity contribution is 5.73. The molecule has 1 amide bonds. The first-order chi connectivity index (χ1) is 13.7. The number of carbonyl (C=O) groups excluding carboxylic acids is 2. The van der Waals surface area contributed by atoms with Crippen molar-refractivity contribution in [3.8, 4) is 0 Å². The van der Waals surface area contributed by atoms with Gasteiger partial charge in [0.15, 0.2) is 0 Å². The molecule has 29 heavy (non-hydrogen) atoms. The van der Waals surface area contributed by atoms with Gasteiger partial charge >= 0.3 is 12.1 Å². The first-order valence-electron chi connectivity index (χ1n) is 10.6. The second-order valence-corrected chi connectivity index (χ2v) is 8.69. The topological polar surface area (TPSA) is 59.1 Å². The van der Waals surface area contributed by atoms with Crippen molar-refractivity contribution in [1.29, 1.82) is 0 Å². The Hall–Kier alpha value is -2.08. The van der Waals surface area contributed by atoms with Crippen LogP contribution in [-0.2, 0) is 20.8 Å². The lowest BCUT2D eigenvalue weighted by molar-refractivity contribution is -0.142. The van der Waals surface area contributed by atoms with E-state index in [2.05, 4.69) is 30.9 Å². The second-order valence-electron chi connectivity index (χ2n) is 8.69. The quantitative estimate of drug-likeness (QED) is 0.611. The van der Waals surface area contributed by atoms with Crippen LogP contribution in [0.5, 0.6) is 0 Å². The van der Waals surface area contributed by atoms with Crippen molar-refractivity contribution in [3.05, 3.63) is 35.9 Å². The van der Waals surface area contributed by atoms with Crippen molar-refractivity contribution in [1.82, 2.24) is 9.80 Å². The molecule has 6 heteroatoms. The van der Waals surface area contributed by atoms with E-state index < -0.39 is 5.60 Å². The zero-order chi connectivity index (χ0) is 21.4. The van der Waals surface area contributed by atoms with E-state index in [1.54, 1.807) is 4.90 Å². The predicted molar refractivity (Wildman–Crippen MR) is 113 cm³/mol. The maximum absolute atomic E-state index is 13.0. The summed E-state index contributed by atoms with van der Waals surface area (Å²) in [6.45, 7) is 10.9. The van der Waals surface area contributed by atoms with E-state index in [1.165, 1.54) is 12.7 Å². The van der Waals surface area contributed by atoms with E-state index in [0.29, 0.717) is 19.0 Å². The number of ether oxygens (including phenoxy) is 2. The summed E-state index contributed by atoms with van der Waals surface area (Å²) in [5.41, 5.74) is 0.679. The number of amides is 1. The first kappa shape index (κ1) is 23.2. The summed E-state index contributed by atoms with van der Waals surface area (Å²) in [7, 11) is 1.38. The van der Waals surface area contributed by atoms with Gasteiger partial charge in [-0.15, -0.1) is 0 Å². The van der Waals surface area contributed by atoms with Crippen LogP contribution in [0, 0.1) is 5.92 Å². The number of piperazine rings is 1. The third kappa shape index (κ3) is 7.35. The molecule has 2 atom stereocenters. The number of rotatable bonds is 8. The van der Waals surface area contributed by atoms with Gasteiger partial charge in [0.25, 0.3) is 0 Å². The van der Waals surface area contributed by atoms with Crippen LogP contribution in [0.15, 0.2) is 30.3 Å². The minimum atomic E-state index is -0.538. The van der Waals surface area contributed by atoms with Gasteiger partial charge in [-0.25, -0.2) is 4.79 Å². The molecule has 0 saturated carbocycles. The number of esters is 1. The minimum Gasteiger partial charge on any atom is -0.469 e. The number of hydrogen-bond acceptors (Lipinski definition) is 5. The van der Waals surface area contributed by atoms with Gasteiger partial charge in [0, 0.05) is 26.2 Å². The van der Waals surface area contributed by atoms with Crippen molar-refractivity contribution in [2.45, 2.75) is 65.1 Å². The van der Waals surface area contributed by atoms with Crippen LogP contribution >= 0.6 is 0 Å². The second kappa shape index (κ2) is 10.6. The van der Waals surface area contributed by atoms with Crippen LogP contribution < -0.4 is 0 Å². The molecule has 1 aromatic rings. The Balaban J connectivity index is 2.05.